The van der Waals surface area contributed by atoms with Gasteiger partial charge in [-0.15, -0.1) is 12.3 Å². The predicted octanol–water partition coefficient (Wildman–Crippen LogP) is 0.665. The molecular weight excluding hydrogens is 194 g/mol. The van der Waals surface area contributed by atoms with E-state index in [1.54, 1.807) is 11.5 Å². The van der Waals surface area contributed by atoms with Gasteiger partial charge in [0.05, 0.1) is 12.9 Å². The van der Waals surface area contributed by atoms with Gasteiger partial charge in [-0.25, -0.2) is 9.78 Å². The summed E-state index contributed by atoms with van der Waals surface area (Å²) in [5.74, 6) is 2.28. The van der Waals surface area contributed by atoms with E-state index in [0.29, 0.717) is 25.4 Å². The van der Waals surface area contributed by atoms with Crippen LogP contribution in [0.2, 0.25) is 0 Å². The number of aryl methyl sites for hydroxylation is 1. The number of imidazole rings is 1. The zero-order chi connectivity index (χ0) is 11.3. The lowest BCUT2D eigenvalue weighted by molar-refractivity contribution is 0.0521. The smallest absolute Gasteiger partial charge is 0.360 e. The summed E-state index contributed by atoms with van der Waals surface area (Å²) in [6.45, 7) is 2.58. The summed E-state index contributed by atoms with van der Waals surface area (Å²) in [6, 6.07) is 0. The topological polar surface area (TPSA) is 70.1 Å². The number of hydrogen-bond donors (Lipinski definition) is 1. The Kier molecular flexibility index (Phi) is 3.75. The van der Waals surface area contributed by atoms with E-state index in [4.69, 9.17) is 16.9 Å². The van der Waals surface area contributed by atoms with E-state index in [1.165, 1.54) is 6.33 Å². The molecule has 5 nitrogen and oxygen atoms in total. The van der Waals surface area contributed by atoms with E-state index in [-0.39, 0.29) is 5.69 Å². The standard InChI is InChI=1S/C10H13N3O2/c1-3-5-6-13-7-12-8(9(13)11)10(14)15-4-2/h1,7H,4-6,11H2,2H3. The van der Waals surface area contributed by atoms with E-state index in [2.05, 4.69) is 10.9 Å². The van der Waals surface area contributed by atoms with Crippen molar-refractivity contribution in [3.63, 3.8) is 0 Å². The molecule has 0 fully saturated rings. The monoisotopic (exact) mass is 207 g/mol. The maximum absolute atomic E-state index is 11.3. The van der Waals surface area contributed by atoms with Gasteiger partial charge in [0.25, 0.3) is 0 Å². The number of rotatable bonds is 4. The van der Waals surface area contributed by atoms with Crippen molar-refractivity contribution in [1.82, 2.24) is 9.55 Å². The molecule has 0 aromatic carbocycles. The number of ether oxygens (including phenoxy) is 1. The number of carbonyl (C=O) groups is 1. The molecule has 0 radical (unpaired) electrons. The number of nitrogens with two attached hydrogens (primary N) is 1. The summed E-state index contributed by atoms with van der Waals surface area (Å²) in [5, 5.41) is 0. The SMILES string of the molecule is C#CCCn1cnc(C(=O)OCC)c1N. The summed E-state index contributed by atoms with van der Waals surface area (Å²) < 4.78 is 6.42. The van der Waals surface area contributed by atoms with Gasteiger partial charge in [0, 0.05) is 13.0 Å². The first kappa shape index (κ1) is 11.1. The third-order valence-electron chi connectivity index (χ3n) is 1.84. The first-order valence-corrected chi connectivity index (χ1v) is 4.61. The summed E-state index contributed by atoms with van der Waals surface area (Å²) in [5.41, 5.74) is 5.85. The zero-order valence-corrected chi connectivity index (χ0v) is 8.56. The second-order valence-electron chi connectivity index (χ2n) is 2.85. The van der Waals surface area contributed by atoms with Crippen LogP contribution in [0.5, 0.6) is 0 Å². The van der Waals surface area contributed by atoms with Gasteiger partial charge in [-0.3, -0.25) is 0 Å². The van der Waals surface area contributed by atoms with Crippen molar-refractivity contribution in [3.8, 4) is 12.3 Å². The number of anilines is 1. The van der Waals surface area contributed by atoms with Crippen LogP contribution in [0.3, 0.4) is 0 Å². The Morgan fingerprint density at radius 3 is 3.13 bits per heavy atom. The second-order valence-corrected chi connectivity index (χ2v) is 2.85. The average molecular weight is 207 g/mol. The zero-order valence-electron chi connectivity index (χ0n) is 8.56. The van der Waals surface area contributed by atoms with Crippen molar-refractivity contribution in [3.05, 3.63) is 12.0 Å². The normalized spacial score (nSPS) is 9.60. The van der Waals surface area contributed by atoms with Crippen LogP contribution in [-0.2, 0) is 11.3 Å². The summed E-state index contributed by atoms with van der Waals surface area (Å²) >= 11 is 0. The molecule has 0 bridgehead atoms. The van der Waals surface area contributed by atoms with Gasteiger partial charge in [-0.1, -0.05) is 0 Å². The fraction of sp³-hybridized carbons (Fsp3) is 0.400. The minimum atomic E-state index is -0.505. The minimum Gasteiger partial charge on any atom is -0.461 e. The quantitative estimate of drug-likeness (QED) is 0.581. The summed E-state index contributed by atoms with van der Waals surface area (Å²) in [4.78, 5) is 15.2. The fourth-order valence-electron chi connectivity index (χ4n) is 1.11. The van der Waals surface area contributed by atoms with Crippen LogP contribution in [0.15, 0.2) is 6.33 Å². The Labute approximate surface area is 88.2 Å². The number of terminal acetylenes is 1. The van der Waals surface area contributed by atoms with E-state index < -0.39 is 5.97 Å². The first-order valence-electron chi connectivity index (χ1n) is 4.61. The third kappa shape index (κ3) is 2.50. The predicted molar refractivity (Wildman–Crippen MR) is 56.0 cm³/mol. The lowest BCUT2D eigenvalue weighted by Gasteiger charge is -2.02. The number of nitrogen functional groups attached to an aromatic ring is 1. The van der Waals surface area contributed by atoms with E-state index >= 15 is 0 Å². The molecule has 0 aliphatic carbocycles. The van der Waals surface area contributed by atoms with E-state index in [9.17, 15) is 4.79 Å². The lowest BCUT2D eigenvalue weighted by Crippen LogP contribution is -2.10. The van der Waals surface area contributed by atoms with E-state index in [1.807, 2.05) is 0 Å². The number of esters is 1. The van der Waals surface area contributed by atoms with Gasteiger partial charge in [0.2, 0.25) is 0 Å². The minimum absolute atomic E-state index is 0.147. The van der Waals surface area contributed by atoms with Gasteiger partial charge in [0.1, 0.15) is 5.82 Å². The van der Waals surface area contributed by atoms with Gasteiger partial charge in [-0.05, 0) is 6.92 Å². The highest BCUT2D eigenvalue weighted by atomic mass is 16.5. The first-order chi connectivity index (χ1) is 7.20. The van der Waals surface area contributed by atoms with Crippen LogP contribution in [0.1, 0.15) is 23.8 Å². The maximum atomic E-state index is 11.3. The lowest BCUT2D eigenvalue weighted by atomic mass is 10.4. The molecule has 0 unspecified atom stereocenters. The van der Waals surface area contributed by atoms with Crippen molar-refractivity contribution in [1.29, 1.82) is 0 Å². The van der Waals surface area contributed by atoms with Crippen molar-refractivity contribution < 1.29 is 9.53 Å². The molecule has 1 aromatic heterocycles. The second kappa shape index (κ2) is 5.05. The van der Waals surface area contributed by atoms with Crippen LogP contribution in [0.25, 0.3) is 0 Å². The molecule has 1 aromatic rings. The molecule has 1 heterocycles. The molecule has 80 valence electrons. The number of aromatic nitrogens is 2. The highest BCUT2D eigenvalue weighted by molar-refractivity contribution is 5.92. The van der Waals surface area contributed by atoms with Gasteiger partial charge < -0.3 is 15.0 Å². The Morgan fingerprint density at radius 1 is 1.80 bits per heavy atom. The van der Waals surface area contributed by atoms with Gasteiger partial charge in [-0.2, -0.15) is 0 Å². The number of hydrogen-bond acceptors (Lipinski definition) is 4. The van der Waals surface area contributed by atoms with Crippen LogP contribution in [0, 0.1) is 12.3 Å². The molecule has 0 saturated heterocycles. The molecule has 0 atom stereocenters. The Morgan fingerprint density at radius 2 is 2.53 bits per heavy atom. The molecule has 0 aliphatic heterocycles. The van der Waals surface area contributed by atoms with Crippen LogP contribution < -0.4 is 5.73 Å². The molecule has 15 heavy (non-hydrogen) atoms. The summed E-state index contributed by atoms with van der Waals surface area (Å²) in [6.07, 6.45) is 7.15. The molecule has 0 aliphatic rings. The largest absolute Gasteiger partial charge is 0.461 e. The summed E-state index contributed by atoms with van der Waals surface area (Å²) in [7, 11) is 0. The van der Waals surface area contributed by atoms with E-state index in [0.717, 1.165) is 0 Å². The van der Waals surface area contributed by atoms with Crippen LogP contribution >= 0.6 is 0 Å². The van der Waals surface area contributed by atoms with Crippen molar-refractivity contribution >= 4 is 11.8 Å². The van der Waals surface area contributed by atoms with Crippen molar-refractivity contribution in [2.24, 2.45) is 0 Å². The van der Waals surface area contributed by atoms with Crippen molar-refractivity contribution in [2.45, 2.75) is 19.9 Å². The highest BCUT2D eigenvalue weighted by Crippen LogP contribution is 2.11. The Hall–Kier alpha value is -1.96. The molecule has 0 spiro atoms. The Bertz CT molecular complexity index is 390. The number of nitrogens with zero attached hydrogens (tertiary/aromatic N) is 2. The molecule has 2 N–H and O–H groups in total. The van der Waals surface area contributed by atoms with Crippen LogP contribution in [-0.4, -0.2) is 22.1 Å². The third-order valence-corrected chi connectivity index (χ3v) is 1.84. The molecule has 0 saturated carbocycles. The molecule has 5 heteroatoms. The van der Waals surface area contributed by atoms with Crippen molar-refractivity contribution in [2.75, 3.05) is 12.3 Å². The maximum Gasteiger partial charge on any atom is 0.360 e. The molecule has 0 amide bonds. The van der Waals surface area contributed by atoms with Crippen LogP contribution in [0.4, 0.5) is 5.82 Å². The fourth-order valence-corrected chi connectivity index (χ4v) is 1.11. The van der Waals surface area contributed by atoms with Gasteiger partial charge in [0.15, 0.2) is 5.69 Å². The molecular formula is C10H13N3O2. The number of carbonyl (C=O) groups excluding carboxylic acids is 1. The highest BCUT2D eigenvalue weighted by Gasteiger charge is 2.16. The van der Waals surface area contributed by atoms with Gasteiger partial charge >= 0.3 is 5.97 Å². The Balaban J connectivity index is 2.80. The average Bonchev–Trinajstić information content (AvgIpc) is 2.57. The molecule has 1 rings (SSSR count).